The fourth-order valence-corrected chi connectivity index (χ4v) is 3.50. The molecule has 0 radical (unpaired) electrons. The number of aromatic nitrogens is 1. The third-order valence-electron chi connectivity index (χ3n) is 3.11. The lowest BCUT2D eigenvalue weighted by Crippen LogP contribution is -1.99. The van der Waals surface area contributed by atoms with Crippen LogP contribution in [0.1, 0.15) is 10.6 Å². The average Bonchev–Trinajstić information content (AvgIpc) is 2.94. The van der Waals surface area contributed by atoms with E-state index in [1.54, 1.807) is 11.3 Å². The summed E-state index contributed by atoms with van der Waals surface area (Å²) >= 11 is 5.21. The Balaban J connectivity index is 1.70. The Kier molecular flexibility index (Phi) is 4.36. The van der Waals surface area contributed by atoms with Gasteiger partial charge >= 0.3 is 0 Å². The largest absolute Gasteiger partial charge is 0.378 e. The van der Waals surface area contributed by atoms with Gasteiger partial charge in [0.15, 0.2) is 0 Å². The number of benzene rings is 2. The molecule has 0 atom stereocenters. The van der Waals surface area contributed by atoms with E-state index < -0.39 is 0 Å². The van der Waals surface area contributed by atoms with Crippen LogP contribution in [0.3, 0.4) is 0 Å². The Hall–Kier alpha value is -1.65. The molecule has 3 aromatic rings. The van der Waals surface area contributed by atoms with Crippen LogP contribution in [-0.2, 0) is 6.54 Å². The van der Waals surface area contributed by atoms with E-state index in [1.807, 2.05) is 18.2 Å². The lowest BCUT2D eigenvalue weighted by atomic mass is 10.2. The zero-order valence-corrected chi connectivity index (χ0v) is 14.0. The molecule has 106 valence electrons. The number of thiazole rings is 1. The van der Waals surface area contributed by atoms with Gasteiger partial charge in [0.05, 0.1) is 12.2 Å². The molecule has 0 aliphatic heterocycles. The predicted octanol–water partition coefficient (Wildman–Crippen LogP) is 5.49. The maximum Gasteiger partial charge on any atom is 0.112 e. The van der Waals surface area contributed by atoms with E-state index in [0.29, 0.717) is 0 Å². The molecule has 0 amide bonds. The van der Waals surface area contributed by atoms with Gasteiger partial charge in [-0.2, -0.15) is 0 Å². The summed E-state index contributed by atoms with van der Waals surface area (Å²) in [7, 11) is 0. The van der Waals surface area contributed by atoms with E-state index in [-0.39, 0.29) is 0 Å². The fourth-order valence-electron chi connectivity index (χ4n) is 2.15. The number of halogens is 1. The first kappa shape index (κ1) is 14.3. The molecular formula is C17H15BrN2S. The van der Waals surface area contributed by atoms with E-state index in [1.165, 1.54) is 11.1 Å². The van der Waals surface area contributed by atoms with E-state index in [4.69, 9.17) is 0 Å². The van der Waals surface area contributed by atoms with Gasteiger partial charge in [-0.15, -0.1) is 11.3 Å². The molecule has 0 saturated heterocycles. The van der Waals surface area contributed by atoms with E-state index in [2.05, 4.69) is 68.9 Å². The number of nitrogens with one attached hydrogen (secondary N) is 1. The molecule has 1 N–H and O–H groups in total. The van der Waals surface area contributed by atoms with Crippen molar-refractivity contribution >= 4 is 33.0 Å². The van der Waals surface area contributed by atoms with Gasteiger partial charge in [0.2, 0.25) is 0 Å². The number of rotatable bonds is 4. The van der Waals surface area contributed by atoms with E-state index in [0.717, 1.165) is 27.4 Å². The van der Waals surface area contributed by atoms with Crippen molar-refractivity contribution in [2.24, 2.45) is 0 Å². The highest BCUT2D eigenvalue weighted by Gasteiger charge is 2.04. The molecular weight excluding hydrogens is 344 g/mol. The number of nitrogens with zero attached hydrogens (tertiary/aromatic N) is 1. The van der Waals surface area contributed by atoms with Gasteiger partial charge in [0, 0.05) is 21.1 Å². The minimum atomic E-state index is 0.743. The lowest BCUT2D eigenvalue weighted by Gasteiger charge is -2.06. The second kappa shape index (κ2) is 6.41. The summed E-state index contributed by atoms with van der Waals surface area (Å²) in [5, 5.41) is 6.62. The summed E-state index contributed by atoms with van der Waals surface area (Å²) in [4.78, 5) is 4.68. The van der Waals surface area contributed by atoms with Gasteiger partial charge in [-0.1, -0.05) is 46.3 Å². The summed E-state index contributed by atoms with van der Waals surface area (Å²) in [6.45, 7) is 2.83. The van der Waals surface area contributed by atoms with Crippen molar-refractivity contribution in [1.82, 2.24) is 4.98 Å². The van der Waals surface area contributed by atoms with Gasteiger partial charge in [0.25, 0.3) is 0 Å². The summed E-state index contributed by atoms with van der Waals surface area (Å²) < 4.78 is 1.09. The third kappa shape index (κ3) is 3.71. The Morgan fingerprint density at radius 1 is 1.14 bits per heavy atom. The van der Waals surface area contributed by atoms with Crippen LogP contribution in [0, 0.1) is 6.92 Å². The lowest BCUT2D eigenvalue weighted by molar-refractivity contribution is 1.10. The molecule has 2 nitrogen and oxygen atoms in total. The SMILES string of the molecule is Cc1cc(Br)cc(NCc2nc(-c3ccccc3)cs2)c1. The standard InChI is InChI=1S/C17H15BrN2S/c1-12-7-14(18)9-15(8-12)19-10-17-20-16(11-21-17)13-5-3-2-4-6-13/h2-9,11,19H,10H2,1H3. The van der Waals surface area contributed by atoms with Crippen LogP contribution < -0.4 is 5.32 Å². The molecule has 0 bridgehead atoms. The first-order chi connectivity index (χ1) is 10.2. The molecule has 0 unspecified atom stereocenters. The molecule has 1 aromatic heterocycles. The number of hydrogen-bond acceptors (Lipinski definition) is 3. The second-order valence-electron chi connectivity index (χ2n) is 4.86. The predicted molar refractivity (Wildman–Crippen MR) is 93.8 cm³/mol. The van der Waals surface area contributed by atoms with Gasteiger partial charge in [-0.25, -0.2) is 4.98 Å². The van der Waals surface area contributed by atoms with Gasteiger partial charge < -0.3 is 5.32 Å². The summed E-state index contributed by atoms with van der Waals surface area (Å²) in [6.07, 6.45) is 0. The minimum Gasteiger partial charge on any atom is -0.378 e. The highest BCUT2D eigenvalue weighted by Crippen LogP contribution is 2.23. The molecule has 2 aromatic carbocycles. The molecule has 3 rings (SSSR count). The summed E-state index contributed by atoms with van der Waals surface area (Å²) in [6, 6.07) is 16.6. The fraction of sp³-hybridized carbons (Fsp3) is 0.118. The minimum absolute atomic E-state index is 0.743. The quantitative estimate of drug-likeness (QED) is 0.666. The maximum atomic E-state index is 4.68. The second-order valence-corrected chi connectivity index (χ2v) is 6.72. The van der Waals surface area contributed by atoms with Crippen molar-refractivity contribution in [3.05, 3.63) is 69.0 Å². The van der Waals surface area contributed by atoms with Crippen LogP contribution in [0.2, 0.25) is 0 Å². The van der Waals surface area contributed by atoms with Gasteiger partial charge in [0.1, 0.15) is 5.01 Å². The smallest absolute Gasteiger partial charge is 0.112 e. The van der Waals surface area contributed by atoms with Crippen LogP contribution in [0.15, 0.2) is 58.4 Å². The molecule has 4 heteroatoms. The van der Waals surface area contributed by atoms with Crippen LogP contribution in [0.25, 0.3) is 11.3 Å². The van der Waals surface area contributed by atoms with Crippen molar-refractivity contribution in [2.75, 3.05) is 5.32 Å². The number of aryl methyl sites for hydroxylation is 1. The van der Waals surface area contributed by atoms with Crippen molar-refractivity contribution in [1.29, 1.82) is 0 Å². The van der Waals surface area contributed by atoms with E-state index >= 15 is 0 Å². The molecule has 0 aliphatic rings. The topological polar surface area (TPSA) is 24.9 Å². The average molecular weight is 359 g/mol. The zero-order valence-electron chi connectivity index (χ0n) is 11.6. The zero-order chi connectivity index (χ0) is 14.7. The molecule has 0 spiro atoms. The Morgan fingerprint density at radius 2 is 1.95 bits per heavy atom. The van der Waals surface area contributed by atoms with Crippen molar-refractivity contribution in [3.63, 3.8) is 0 Å². The summed E-state index contributed by atoms with van der Waals surface area (Å²) in [5.74, 6) is 0. The Morgan fingerprint density at radius 3 is 2.71 bits per heavy atom. The Bertz CT molecular complexity index is 717. The maximum absolute atomic E-state index is 4.68. The Labute approximate surface area is 137 Å². The van der Waals surface area contributed by atoms with E-state index in [9.17, 15) is 0 Å². The molecule has 0 aliphatic carbocycles. The normalized spacial score (nSPS) is 10.6. The molecule has 0 saturated carbocycles. The van der Waals surface area contributed by atoms with Crippen molar-refractivity contribution in [3.8, 4) is 11.3 Å². The van der Waals surface area contributed by atoms with Crippen LogP contribution in [0.5, 0.6) is 0 Å². The third-order valence-corrected chi connectivity index (χ3v) is 4.41. The van der Waals surface area contributed by atoms with Crippen molar-refractivity contribution in [2.45, 2.75) is 13.5 Å². The first-order valence-corrected chi connectivity index (χ1v) is 8.39. The molecule has 0 fully saturated rings. The highest BCUT2D eigenvalue weighted by molar-refractivity contribution is 9.10. The van der Waals surface area contributed by atoms with Crippen molar-refractivity contribution < 1.29 is 0 Å². The van der Waals surface area contributed by atoms with Gasteiger partial charge in [-0.05, 0) is 30.7 Å². The first-order valence-electron chi connectivity index (χ1n) is 6.71. The number of hydrogen-bond donors (Lipinski definition) is 1. The molecule has 21 heavy (non-hydrogen) atoms. The van der Waals surface area contributed by atoms with Gasteiger partial charge in [-0.3, -0.25) is 0 Å². The van der Waals surface area contributed by atoms with Crippen LogP contribution in [-0.4, -0.2) is 4.98 Å². The van der Waals surface area contributed by atoms with Crippen LogP contribution >= 0.6 is 27.3 Å². The monoisotopic (exact) mass is 358 g/mol. The number of anilines is 1. The van der Waals surface area contributed by atoms with Crippen LogP contribution in [0.4, 0.5) is 5.69 Å². The summed E-state index contributed by atoms with van der Waals surface area (Å²) in [5.41, 5.74) is 4.55. The molecule has 1 heterocycles. The highest BCUT2D eigenvalue weighted by atomic mass is 79.9.